The second-order valence-electron chi connectivity index (χ2n) is 7.63. The van der Waals surface area contributed by atoms with E-state index in [4.69, 9.17) is 4.74 Å². The zero-order valence-electron chi connectivity index (χ0n) is 16.7. The molecule has 1 heterocycles. The van der Waals surface area contributed by atoms with Crippen LogP contribution in [0.1, 0.15) is 30.9 Å². The van der Waals surface area contributed by atoms with Gasteiger partial charge < -0.3 is 10.1 Å². The number of nitrogens with zero attached hydrogens (tertiary/aromatic N) is 1. The second-order valence-corrected chi connectivity index (χ2v) is 7.63. The van der Waals surface area contributed by atoms with E-state index in [2.05, 4.69) is 10.2 Å². The summed E-state index contributed by atoms with van der Waals surface area (Å²) in [4.78, 5) is 14.8. The van der Waals surface area contributed by atoms with Crippen molar-refractivity contribution in [1.82, 2.24) is 10.2 Å². The van der Waals surface area contributed by atoms with Crippen LogP contribution in [0.3, 0.4) is 0 Å². The van der Waals surface area contributed by atoms with Gasteiger partial charge in [-0.15, -0.1) is 0 Å². The molecule has 28 heavy (non-hydrogen) atoms. The molecule has 1 N–H and O–H groups in total. The van der Waals surface area contributed by atoms with Crippen LogP contribution in [0.25, 0.3) is 0 Å². The lowest BCUT2D eigenvalue weighted by molar-refractivity contribution is -0.127. The molecule has 1 amide bonds. The average Bonchev–Trinajstić information content (AvgIpc) is 2.69. The van der Waals surface area contributed by atoms with Gasteiger partial charge in [-0.3, -0.25) is 9.69 Å². The van der Waals surface area contributed by atoms with E-state index in [1.54, 1.807) is 6.07 Å². The van der Waals surface area contributed by atoms with Crippen LogP contribution >= 0.6 is 0 Å². The van der Waals surface area contributed by atoms with Crippen LogP contribution in [0, 0.1) is 18.7 Å². The van der Waals surface area contributed by atoms with Crippen molar-refractivity contribution >= 4 is 5.91 Å². The molecule has 0 spiro atoms. The van der Waals surface area contributed by atoms with Gasteiger partial charge in [0.05, 0.1) is 6.04 Å². The Hall–Kier alpha value is -2.40. The number of para-hydroxylation sites is 1. The maximum atomic E-state index is 13.8. The van der Waals surface area contributed by atoms with E-state index in [-0.39, 0.29) is 23.7 Å². The number of benzene rings is 2. The fraction of sp³-hybridized carbons (Fsp3) is 0.435. The number of carbonyl (C=O) groups excluding carboxylic acids is 1. The van der Waals surface area contributed by atoms with Gasteiger partial charge in [-0.25, -0.2) is 4.39 Å². The van der Waals surface area contributed by atoms with Crippen LogP contribution in [0.15, 0.2) is 48.5 Å². The number of nitrogens with one attached hydrogen (secondary N) is 1. The largest absolute Gasteiger partial charge is 0.491 e. The van der Waals surface area contributed by atoms with E-state index in [0.717, 1.165) is 37.2 Å². The van der Waals surface area contributed by atoms with Crippen LogP contribution < -0.4 is 10.1 Å². The number of likely N-dealkylation sites (tertiary alicyclic amines) is 1. The summed E-state index contributed by atoms with van der Waals surface area (Å²) in [6, 6.07) is 14.7. The summed E-state index contributed by atoms with van der Waals surface area (Å²) in [5.41, 5.74) is 1.80. The van der Waals surface area contributed by atoms with Crippen LogP contribution in [-0.4, -0.2) is 36.5 Å². The molecule has 2 aromatic rings. The molecule has 0 bridgehead atoms. The predicted octanol–water partition coefficient (Wildman–Crippen LogP) is 3.93. The van der Waals surface area contributed by atoms with Gasteiger partial charge in [-0.05, 0) is 57.5 Å². The molecular weight excluding hydrogens is 355 g/mol. The van der Waals surface area contributed by atoms with Crippen molar-refractivity contribution in [2.75, 3.05) is 19.7 Å². The third kappa shape index (κ3) is 5.55. The van der Waals surface area contributed by atoms with E-state index in [1.165, 1.54) is 6.07 Å². The molecule has 1 fully saturated rings. The normalized spacial score (nSPS) is 16.5. The highest BCUT2D eigenvalue weighted by atomic mass is 19.1. The first-order chi connectivity index (χ1) is 13.5. The monoisotopic (exact) mass is 384 g/mol. The van der Waals surface area contributed by atoms with Gasteiger partial charge in [-0.2, -0.15) is 0 Å². The first-order valence-electron chi connectivity index (χ1n) is 9.97. The maximum Gasteiger partial charge on any atom is 0.223 e. The molecule has 1 atom stereocenters. The first-order valence-corrected chi connectivity index (χ1v) is 9.97. The third-order valence-corrected chi connectivity index (χ3v) is 5.28. The van der Waals surface area contributed by atoms with Crippen molar-refractivity contribution < 1.29 is 13.9 Å². The van der Waals surface area contributed by atoms with Gasteiger partial charge in [0, 0.05) is 18.0 Å². The number of hydrogen-bond acceptors (Lipinski definition) is 3. The van der Waals surface area contributed by atoms with Gasteiger partial charge in [0.25, 0.3) is 0 Å². The van der Waals surface area contributed by atoms with Crippen molar-refractivity contribution in [3.05, 3.63) is 65.5 Å². The van der Waals surface area contributed by atoms with Gasteiger partial charge in [0.1, 0.15) is 18.2 Å². The Kier molecular flexibility index (Phi) is 7.04. The molecule has 3 rings (SSSR count). The maximum absolute atomic E-state index is 13.8. The van der Waals surface area contributed by atoms with Gasteiger partial charge in [0.2, 0.25) is 5.91 Å². The minimum absolute atomic E-state index is 0.0118. The first kappa shape index (κ1) is 20.3. The number of amides is 1. The Morgan fingerprint density at radius 3 is 2.57 bits per heavy atom. The Morgan fingerprint density at radius 2 is 1.86 bits per heavy atom. The summed E-state index contributed by atoms with van der Waals surface area (Å²) >= 11 is 0. The van der Waals surface area contributed by atoms with Crippen molar-refractivity contribution in [1.29, 1.82) is 0 Å². The molecule has 1 aliphatic heterocycles. The molecule has 150 valence electrons. The molecule has 0 saturated carbocycles. The van der Waals surface area contributed by atoms with Crippen LogP contribution in [0.5, 0.6) is 5.75 Å². The zero-order valence-corrected chi connectivity index (χ0v) is 16.7. The smallest absolute Gasteiger partial charge is 0.223 e. The summed E-state index contributed by atoms with van der Waals surface area (Å²) in [7, 11) is 0. The van der Waals surface area contributed by atoms with E-state index < -0.39 is 0 Å². The Morgan fingerprint density at radius 1 is 1.18 bits per heavy atom. The second kappa shape index (κ2) is 9.69. The molecule has 1 saturated heterocycles. The molecule has 0 unspecified atom stereocenters. The Bertz CT molecular complexity index is 788. The topological polar surface area (TPSA) is 41.6 Å². The van der Waals surface area contributed by atoms with Gasteiger partial charge >= 0.3 is 0 Å². The summed E-state index contributed by atoms with van der Waals surface area (Å²) < 4.78 is 19.6. The summed E-state index contributed by atoms with van der Waals surface area (Å²) in [6.45, 7) is 6.63. The minimum Gasteiger partial charge on any atom is -0.491 e. The minimum atomic E-state index is -0.162. The highest BCUT2D eigenvalue weighted by Gasteiger charge is 2.26. The van der Waals surface area contributed by atoms with Crippen LogP contribution in [-0.2, 0) is 11.3 Å². The SMILES string of the molecule is Cc1ccccc1OC[C@@H](C)NC(=O)C1CCN(Cc2ccccc2F)CC1. The van der Waals surface area contributed by atoms with Gasteiger partial charge in [0.15, 0.2) is 0 Å². The van der Waals surface area contributed by atoms with E-state index in [0.29, 0.717) is 18.7 Å². The molecule has 5 heteroatoms. The summed E-state index contributed by atoms with van der Waals surface area (Å²) in [5.74, 6) is 0.791. The number of aryl methyl sites for hydroxylation is 1. The fourth-order valence-electron chi connectivity index (χ4n) is 3.56. The number of hydrogen-bond donors (Lipinski definition) is 1. The van der Waals surface area contributed by atoms with Crippen molar-refractivity contribution in [2.45, 2.75) is 39.3 Å². The molecule has 0 aliphatic carbocycles. The van der Waals surface area contributed by atoms with E-state index in [1.807, 2.05) is 50.2 Å². The van der Waals surface area contributed by atoms with Crippen LogP contribution in [0.4, 0.5) is 4.39 Å². The molecule has 4 nitrogen and oxygen atoms in total. The predicted molar refractivity (Wildman–Crippen MR) is 109 cm³/mol. The molecule has 0 radical (unpaired) electrons. The summed E-state index contributed by atoms with van der Waals surface area (Å²) in [6.07, 6.45) is 1.59. The quantitative estimate of drug-likeness (QED) is 0.786. The number of carbonyl (C=O) groups is 1. The third-order valence-electron chi connectivity index (χ3n) is 5.28. The Balaban J connectivity index is 1.41. The molecule has 1 aliphatic rings. The number of rotatable bonds is 7. The average molecular weight is 384 g/mol. The van der Waals surface area contributed by atoms with Crippen molar-refractivity contribution in [2.24, 2.45) is 5.92 Å². The summed E-state index contributed by atoms with van der Waals surface area (Å²) in [5, 5.41) is 3.07. The number of halogens is 1. The van der Waals surface area contributed by atoms with Gasteiger partial charge in [-0.1, -0.05) is 36.4 Å². The zero-order chi connectivity index (χ0) is 19.9. The lowest BCUT2D eigenvalue weighted by Gasteiger charge is -2.32. The number of piperidine rings is 1. The lowest BCUT2D eigenvalue weighted by atomic mass is 9.95. The van der Waals surface area contributed by atoms with Crippen LogP contribution in [0.2, 0.25) is 0 Å². The van der Waals surface area contributed by atoms with E-state index in [9.17, 15) is 9.18 Å². The van der Waals surface area contributed by atoms with E-state index >= 15 is 0 Å². The fourth-order valence-corrected chi connectivity index (χ4v) is 3.56. The standard InChI is InChI=1S/C23H29FN2O2/c1-17-7-3-6-10-22(17)28-16-18(2)25-23(27)19-11-13-26(14-12-19)15-20-8-4-5-9-21(20)24/h3-10,18-19H,11-16H2,1-2H3,(H,25,27)/t18-/m1/s1. The highest BCUT2D eigenvalue weighted by Crippen LogP contribution is 2.21. The number of ether oxygens (including phenoxy) is 1. The lowest BCUT2D eigenvalue weighted by Crippen LogP contribution is -2.44. The van der Waals surface area contributed by atoms with Crippen molar-refractivity contribution in [3.63, 3.8) is 0 Å². The highest BCUT2D eigenvalue weighted by molar-refractivity contribution is 5.79. The Labute approximate surface area is 166 Å². The molecule has 2 aromatic carbocycles. The van der Waals surface area contributed by atoms with Crippen molar-refractivity contribution in [3.8, 4) is 5.75 Å². The molecule has 0 aromatic heterocycles. The molecular formula is C23H29FN2O2.